The van der Waals surface area contributed by atoms with Gasteiger partial charge in [0, 0.05) is 0 Å². The van der Waals surface area contributed by atoms with Crippen molar-refractivity contribution in [3.8, 4) is 6.07 Å². The van der Waals surface area contributed by atoms with Crippen LogP contribution in [0.5, 0.6) is 0 Å². The fourth-order valence-electron chi connectivity index (χ4n) is 0.371. The number of hydrogen-bond donors (Lipinski definition) is 1. The van der Waals surface area contributed by atoms with Crippen LogP contribution in [0.3, 0.4) is 0 Å². The van der Waals surface area contributed by atoms with Gasteiger partial charge in [-0.2, -0.15) is 5.26 Å². The lowest BCUT2D eigenvalue weighted by atomic mass is 10.4. The van der Waals surface area contributed by atoms with Crippen molar-refractivity contribution in [1.82, 2.24) is 5.32 Å². The largest absolute Gasteiger partial charge is 0.368 e. The lowest BCUT2D eigenvalue weighted by Gasteiger charge is -1.85. The molecule has 3 nitrogen and oxygen atoms in total. The van der Waals surface area contributed by atoms with Gasteiger partial charge in [0.15, 0.2) is 6.04 Å². The second-order valence-electron chi connectivity index (χ2n) is 1.19. The molecule has 0 aliphatic carbocycles. The zero-order valence-corrected chi connectivity index (χ0v) is 3.63. The van der Waals surface area contributed by atoms with Crippen LogP contribution in [0.25, 0.3) is 0 Å². The molecule has 0 bridgehead atoms. The molecule has 1 unspecified atom stereocenters. The summed E-state index contributed by atoms with van der Waals surface area (Å²) < 4.78 is 0. The topological polar surface area (TPSA) is 48.2 Å². The summed E-state index contributed by atoms with van der Waals surface area (Å²) >= 11 is 0. The van der Waals surface area contributed by atoms with Crippen LogP contribution in [0.15, 0.2) is 4.99 Å². The molecule has 0 aromatic rings. The molecular formula is C4H4N3. The summed E-state index contributed by atoms with van der Waals surface area (Å²) in [7, 11) is 0. The summed E-state index contributed by atoms with van der Waals surface area (Å²) in [6, 6.07) is 1.68. The van der Waals surface area contributed by atoms with Gasteiger partial charge in [-0.1, -0.05) is 0 Å². The molecule has 1 rings (SSSR count). The highest BCUT2D eigenvalue weighted by molar-refractivity contribution is 5.59. The van der Waals surface area contributed by atoms with E-state index in [4.69, 9.17) is 5.26 Å². The quantitative estimate of drug-likeness (QED) is 0.447. The lowest BCUT2D eigenvalue weighted by molar-refractivity contribution is 0.961. The third-order valence-electron chi connectivity index (χ3n) is 0.696. The Morgan fingerprint density at radius 3 is 3.00 bits per heavy atom. The molecule has 1 radical (unpaired) electrons. The van der Waals surface area contributed by atoms with E-state index in [1.807, 2.05) is 6.07 Å². The molecule has 1 atom stereocenters. The Kier molecular flexibility index (Phi) is 0.947. The molecule has 7 heavy (non-hydrogen) atoms. The third-order valence-corrected chi connectivity index (χ3v) is 0.696. The maximum Gasteiger partial charge on any atom is 0.160 e. The van der Waals surface area contributed by atoms with Crippen molar-refractivity contribution in [2.45, 2.75) is 6.04 Å². The van der Waals surface area contributed by atoms with Crippen LogP contribution in [0, 0.1) is 17.9 Å². The van der Waals surface area contributed by atoms with Gasteiger partial charge in [-0.15, -0.1) is 0 Å². The van der Waals surface area contributed by atoms with Gasteiger partial charge >= 0.3 is 0 Å². The predicted molar refractivity (Wildman–Crippen MR) is 25.3 cm³/mol. The number of nitriles is 1. The number of rotatable bonds is 0. The van der Waals surface area contributed by atoms with Crippen molar-refractivity contribution in [2.24, 2.45) is 4.99 Å². The van der Waals surface area contributed by atoms with Crippen LogP contribution >= 0.6 is 0 Å². The van der Waals surface area contributed by atoms with E-state index < -0.39 is 0 Å². The summed E-state index contributed by atoms with van der Waals surface area (Å²) in [5.74, 6) is 0. The van der Waals surface area contributed by atoms with Crippen LogP contribution < -0.4 is 5.32 Å². The first-order valence-electron chi connectivity index (χ1n) is 1.94. The fraction of sp³-hybridized carbons (Fsp3) is 0.250. The van der Waals surface area contributed by atoms with E-state index in [0.29, 0.717) is 0 Å². The van der Waals surface area contributed by atoms with Crippen molar-refractivity contribution >= 4 is 6.34 Å². The van der Waals surface area contributed by atoms with Gasteiger partial charge in [0.05, 0.1) is 19.0 Å². The third kappa shape index (κ3) is 0.686. The van der Waals surface area contributed by atoms with Crippen LogP contribution in [-0.4, -0.2) is 12.4 Å². The second kappa shape index (κ2) is 1.61. The maximum absolute atomic E-state index is 8.13. The molecule has 3 heteroatoms. The Morgan fingerprint density at radius 2 is 2.71 bits per heavy atom. The molecule has 1 aliphatic rings. The molecule has 0 aromatic carbocycles. The van der Waals surface area contributed by atoms with Crippen LogP contribution in [0.2, 0.25) is 0 Å². The molecule has 1 aliphatic heterocycles. The van der Waals surface area contributed by atoms with Gasteiger partial charge in [0.1, 0.15) is 0 Å². The minimum Gasteiger partial charge on any atom is -0.368 e. The predicted octanol–water partition coefficient (Wildman–Crippen LogP) is -0.328. The molecule has 0 fully saturated rings. The molecule has 35 valence electrons. The van der Waals surface area contributed by atoms with Crippen LogP contribution in [0.1, 0.15) is 0 Å². The number of hydrogen-bond acceptors (Lipinski definition) is 3. The molecule has 1 N–H and O–H groups in total. The fourth-order valence-corrected chi connectivity index (χ4v) is 0.371. The van der Waals surface area contributed by atoms with E-state index in [1.54, 1.807) is 6.54 Å². The average Bonchev–Trinajstić information content (AvgIpc) is 2.14. The second-order valence-corrected chi connectivity index (χ2v) is 1.19. The summed E-state index contributed by atoms with van der Waals surface area (Å²) in [4.78, 5) is 3.70. The van der Waals surface area contributed by atoms with E-state index in [0.717, 1.165) is 0 Å². The Balaban J connectivity index is 2.47. The summed E-state index contributed by atoms with van der Waals surface area (Å²) in [6.45, 7) is 1.62. The lowest BCUT2D eigenvalue weighted by Crippen LogP contribution is -2.04. The minimum absolute atomic E-state index is 0.264. The Hall–Kier alpha value is -1.04. The van der Waals surface area contributed by atoms with Crippen LogP contribution in [-0.2, 0) is 0 Å². The molecule has 1 heterocycles. The zero-order valence-electron chi connectivity index (χ0n) is 3.63. The maximum atomic E-state index is 8.13. The first-order valence-corrected chi connectivity index (χ1v) is 1.94. The molecule has 0 spiro atoms. The van der Waals surface area contributed by atoms with Gasteiger partial charge < -0.3 is 5.32 Å². The number of aliphatic imine (C=N–C) groups is 1. The van der Waals surface area contributed by atoms with Gasteiger partial charge in [-0.3, -0.25) is 4.99 Å². The Labute approximate surface area is 41.7 Å². The van der Waals surface area contributed by atoms with Crippen molar-refractivity contribution in [3.05, 3.63) is 6.54 Å². The van der Waals surface area contributed by atoms with E-state index in [9.17, 15) is 0 Å². The minimum atomic E-state index is -0.264. The SMILES string of the molecule is N#CC1[CH]NC=N1. The Morgan fingerprint density at radius 1 is 1.86 bits per heavy atom. The van der Waals surface area contributed by atoms with E-state index in [2.05, 4.69) is 10.3 Å². The molecule has 0 saturated heterocycles. The normalized spacial score (nSPS) is 26.4. The van der Waals surface area contributed by atoms with Gasteiger partial charge in [0.25, 0.3) is 0 Å². The smallest absolute Gasteiger partial charge is 0.160 e. The van der Waals surface area contributed by atoms with E-state index >= 15 is 0 Å². The highest BCUT2D eigenvalue weighted by Crippen LogP contribution is 1.93. The summed E-state index contributed by atoms with van der Waals surface area (Å²) in [6.07, 6.45) is 1.51. The highest BCUT2D eigenvalue weighted by atomic mass is 15.0. The molecular weight excluding hydrogens is 90.1 g/mol. The molecule has 0 amide bonds. The van der Waals surface area contributed by atoms with Crippen molar-refractivity contribution in [3.63, 3.8) is 0 Å². The standard InChI is InChI=1S/C4H4N3/c5-1-4-2-6-3-7-4/h2-4H,(H,6,7). The van der Waals surface area contributed by atoms with E-state index in [1.165, 1.54) is 6.34 Å². The van der Waals surface area contributed by atoms with Gasteiger partial charge in [-0.05, 0) is 0 Å². The summed E-state index contributed by atoms with van der Waals surface area (Å²) in [5, 5.41) is 10.8. The van der Waals surface area contributed by atoms with Gasteiger partial charge in [0.2, 0.25) is 0 Å². The van der Waals surface area contributed by atoms with Crippen LogP contribution in [0.4, 0.5) is 0 Å². The van der Waals surface area contributed by atoms with Crippen molar-refractivity contribution in [1.29, 1.82) is 5.26 Å². The van der Waals surface area contributed by atoms with Crippen molar-refractivity contribution in [2.75, 3.05) is 0 Å². The van der Waals surface area contributed by atoms with Gasteiger partial charge in [-0.25, -0.2) is 0 Å². The monoisotopic (exact) mass is 94.0 g/mol. The zero-order chi connectivity index (χ0) is 5.11. The average molecular weight is 94.1 g/mol. The van der Waals surface area contributed by atoms with E-state index in [-0.39, 0.29) is 6.04 Å². The number of nitrogens with zero attached hydrogens (tertiary/aromatic N) is 2. The first-order chi connectivity index (χ1) is 3.43. The highest BCUT2D eigenvalue weighted by Gasteiger charge is 2.06. The summed E-state index contributed by atoms with van der Waals surface area (Å²) in [5.41, 5.74) is 0. The first kappa shape index (κ1) is 4.13. The molecule has 0 saturated carbocycles. The molecule has 0 aromatic heterocycles. The Bertz CT molecular complexity index is 121. The van der Waals surface area contributed by atoms with Crippen molar-refractivity contribution < 1.29 is 0 Å². The number of nitrogens with one attached hydrogen (secondary N) is 1.